The van der Waals surface area contributed by atoms with Crippen molar-refractivity contribution >= 4 is 64.1 Å². The maximum Gasteiger partial charge on any atom is 0.276 e. The van der Waals surface area contributed by atoms with Crippen LogP contribution in [-0.2, 0) is 47.4 Å². The lowest BCUT2D eigenvalue weighted by atomic mass is 9.90. The van der Waals surface area contributed by atoms with Gasteiger partial charge in [-0.15, -0.1) is 0 Å². The zero-order valence-electron chi connectivity index (χ0n) is 41.7. The van der Waals surface area contributed by atoms with Crippen LogP contribution in [-0.4, -0.2) is 114 Å². The highest BCUT2D eigenvalue weighted by atomic mass is 16.3. The molecule has 0 bridgehead atoms. The Balaban J connectivity index is 0.698. The van der Waals surface area contributed by atoms with Gasteiger partial charge in [0.05, 0.1) is 29.6 Å². The Labute approximate surface area is 422 Å². The SMILES string of the molecule is C[C@H]1CN(C(=O)CCCCCCNc2cccc3c2C(=O)N(C2CCC(=O)NC2=O)C3=O)CCN1c1ccc(Nc2cc(-c3ccnc(N4CCn5c(cc6c5CC(C)(C)C6)C4=O)c3CO)cn(C)c2=O)nc1. The minimum Gasteiger partial charge on any atom is -0.392 e. The van der Waals surface area contributed by atoms with Gasteiger partial charge in [0, 0.05) is 100 Å². The van der Waals surface area contributed by atoms with E-state index in [0.29, 0.717) is 85.4 Å². The average molecular weight is 992 g/mol. The zero-order valence-corrected chi connectivity index (χ0v) is 41.7. The van der Waals surface area contributed by atoms with Crippen molar-refractivity contribution in [3.8, 4) is 11.1 Å². The number of aliphatic hydroxyl groups excluding tert-OH is 1. The molecular formula is C54H61N11O8. The monoisotopic (exact) mass is 991 g/mol. The van der Waals surface area contributed by atoms with E-state index in [0.717, 1.165) is 49.1 Å². The van der Waals surface area contributed by atoms with E-state index in [4.69, 9.17) is 0 Å². The van der Waals surface area contributed by atoms with Gasteiger partial charge in [-0.25, -0.2) is 9.97 Å². The van der Waals surface area contributed by atoms with Crippen LogP contribution in [0.3, 0.4) is 0 Å². The fraction of sp³-hybridized carbons (Fsp3) is 0.426. The first-order valence-electron chi connectivity index (χ1n) is 25.3. The van der Waals surface area contributed by atoms with E-state index < -0.39 is 29.7 Å². The van der Waals surface area contributed by atoms with Gasteiger partial charge < -0.3 is 34.7 Å². The fourth-order valence-corrected chi connectivity index (χ4v) is 11.3. The number of carbonyl (C=O) groups is 6. The number of carbonyl (C=O) groups excluding carboxylic acids is 6. The number of benzene rings is 1. The zero-order chi connectivity index (χ0) is 51.3. The molecule has 10 rings (SSSR count). The lowest BCUT2D eigenvalue weighted by Gasteiger charge is -2.41. The van der Waals surface area contributed by atoms with Crippen molar-refractivity contribution in [2.45, 2.75) is 104 Å². The summed E-state index contributed by atoms with van der Waals surface area (Å²) in [6.45, 7) is 9.62. The maximum atomic E-state index is 14.0. The second kappa shape index (κ2) is 19.7. The van der Waals surface area contributed by atoms with Crippen molar-refractivity contribution in [3.63, 3.8) is 0 Å². The van der Waals surface area contributed by atoms with Crippen LogP contribution >= 0.6 is 0 Å². The fourth-order valence-electron chi connectivity index (χ4n) is 11.3. The number of aliphatic hydroxyl groups is 1. The number of unbranched alkanes of at least 4 members (excludes halogenated alkanes) is 3. The molecular weight excluding hydrogens is 931 g/mol. The molecule has 5 aromatic rings. The van der Waals surface area contributed by atoms with Crippen LogP contribution in [0, 0.1) is 5.41 Å². The van der Waals surface area contributed by atoms with Gasteiger partial charge in [0.2, 0.25) is 17.7 Å². The molecule has 8 heterocycles. The number of hydrogen-bond donors (Lipinski definition) is 4. The molecule has 5 aliphatic rings. The number of nitrogens with zero attached hydrogens (tertiary/aromatic N) is 8. The molecule has 0 spiro atoms. The van der Waals surface area contributed by atoms with E-state index in [2.05, 4.69) is 56.2 Å². The van der Waals surface area contributed by atoms with Crippen LogP contribution in [0.25, 0.3) is 11.1 Å². The summed E-state index contributed by atoms with van der Waals surface area (Å²) in [5, 5.41) is 19.5. The molecule has 19 nitrogen and oxygen atoms in total. The van der Waals surface area contributed by atoms with Gasteiger partial charge in [0.1, 0.15) is 29.1 Å². The second-order valence-corrected chi connectivity index (χ2v) is 20.7. The smallest absolute Gasteiger partial charge is 0.276 e. The third-order valence-corrected chi connectivity index (χ3v) is 15.0. The third kappa shape index (κ3) is 9.37. The first kappa shape index (κ1) is 48.9. The van der Waals surface area contributed by atoms with Crippen molar-refractivity contribution in [1.29, 1.82) is 0 Å². The van der Waals surface area contributed by atoms with E-state index >= 15 is 0 Å². The summed E-state index contributed by atoms with van der Waals surface area (Å²) >= 11 is 0. The minimum absolute atomic E-state index is 0.0379. The molecule has 1 aromatic carbocycles. The topological polar surface area (TPSA) is 224 Å². The number of piperidine rings is 1. The van der Waals surface area contributed by atoms with Gasteiger partial charge in [0.25, 0.3) is 23.3 Å². The van der Waals surface area contributed by atoms with Crippen LogP contribution in [0.4, 0.5) is 28.7 Å². The molecule has 380 valence electrons. The maximum absolute atomic E-state index is 14.0. The van der Waals surface area contributed by atoms with Gasteiger partial charge in [-0.3, -0.25) is 48.7 Å². The summed E-state index contributed by atoms with van der Waals surface area (Å²) in [6, 6.07) is 13.3. The van der Waals surface area contributed by atoms with E-state index in [1.165, 1.54) is 15.8 Å². The van der Waals surface area contributed by atoms with Crippen molar-refractivity contribution < 1.29 is 33.9 Å². The standard InChI is InChI=1S/C54H61N11O8/c1-32-29-61(46(68)12-7-5-6-8-18-55-39-11-9-10-37-47(39)53(73)65(50(37)70)41-14-16-45(67)59-49(41)69)20-21-62(32)35-13-15-44(57-28-35)58-40-24-34(30-60(4)51(40)71)36-17-19-56-48(38(36)31-66)64-23-22-63-42(52(64)72)25-33-26-54(2,3)27-43(33)63/h9-11,13,15,17,19,24-25,28,30,32,41,55,66H,5-8,12,14,16,18,20-23,26-27,29,31H2,1-4H3,(H,57,58)(H,59,67,69)/t32-,41?/m0/s1. The highest BCUT2D eigenvalue weighted by molar-refractivity contribution is 6.25. The summed E-state index contributed by atoms with van der Waals surface area (Å²) in [4.78, 5) is 108. The first-order chi connectivity index (χ1) is 35.1. The third-order valence-electron chi connectivity index (χ3n) is 15.0. The second-order valence-electron chi connectivity index (χ2n) is 20.7. The lowest BCUT2D eigenvalue weighted by Crippen LogP contribution is -2.54. The number of amides is 6. The van der Waals surface area contributed by atoms with E-state index in [1.807, 2.05) is 23.1 Å². The molecule has 4 N–H and O–H groups in total. The van der Waals surface area contributed by atoms with E-state index in [-0.39, 0.29) is 65.1 Å². The lowest BCUT2D eigenvalue weighted by molar-refractivity contribution is -0.136. The number of rotatable bonds is 15. The number of aryl methyl sites for hydroxylation is 1. The van der Waals surface area contributed by atoms with Gasteiger partial charge >= 0.3 is 0 Å². The Kier molecular flexibility index (Phi) is 13.2. The molecule has 4 aliphatic heterocycles. The normalized spacial score (nSPS) is 19.3. The van der Waals surface area contributed by atoms with Crippen molar-refractivity contribution in [2.75, 3.05) is 53.2 Å². The summed E-state index contributed by atoms with van der Waals surface area (Å²) in [7, 11) is 1.67. The Bertz CT molecular complexity index is 3120. The van der Waals surface area contributed by atoms with E-state index in [1.54, 1.807) is 60.9 Å². The minimum atomic E-state index is -1.02. The molecule has 0 saturated carbocycles. The molecule has 19 heteroatoms. The number of imide groups is 2. The van der Waals surface area contributed by atoms with Gasteiger partial charge in [-0.05, 0) is 98.0 Å². The van der Waals surface area contributed by atoms with Crippen LogP contribution in [0.2, 0.25) is 0 Å². The van der Waals surface area contributed by atoms with Crippen molar-refractivity contribution in [3.05, 3.63) is 111 Å². The molecule has 73 heavy (non-hydrogen) atoms. The molecule has 2 saturated heterocycles. The Morgan fingerprint density at radius 2 is 1.70 bits per heavy atom. The number of pyridine rings is 3. The molecule has 1 unspecified atom stereocenters. The predicted octanol–water partition coefficient (Wildman–Crippen LogP) is 5.17. The Morgan fingerprint density at radius 3 is 2.47 bits per heavy atom. The van der Waals surface area contributed by atoms with Gasteiger partial charge in [-0.1, -0.05) is 32.8 Å². The molecule has 1 aliphatic carbocycles. The van der Waals surface area contributed by atoms with Crippen LogP contribution in [0.15, 0.2) is 71.9 Å². The predicted molar refractivity (Wildman–Crippen MR) is 274 cm³/mol. The molecule has 0 radical (unpaired) electrons. The summed E-state index contributed by atoms with van der Waals surface area (Å²) in [5.74, 6) is -1.31. The number of aromatic nitrogens is 4. The molecule has 6 amide bonds. The average Bonchev–Trinajstić information content (AvgIpc) is 3.96. The largest absolute Gasteiger partial charge is 0.392 e. The Morgan fingerprint density at radius 1 is 0.877 bits per heavy atom. The number of piperazine rings is 1. The highest BCUT2D eigenvalue weighted by Gasteiger charge is 2.46. The first-order valence-corrected chi connectivity index (χ1v) is 25.3. The van der Waals surface area contributed by atoms with E-state index in [9.17, 15) is 38.7 Å². The van der Waals surface area contributed by atoms with Crippen molar-refractivity contribution in [2.24, 2.45) is 12.5 Å². The molecule has 2 atom stereocenters. The summed E-state index contributed by atoms with van der Waals surface area (Å²) < 4.78 is 3.63. The summed E-state index contributed by atoms with van der Waals surface area (Å²) in [6.07, 6.45) is 10.8. The van der Waals surface area contributed by atoms with Gasteiger partial charge in [-0.2, -0.15) is 0 Å². The van der Waals surface area contributed by atoms with Gasteiger partial charge in [0.15, 0.2) is 0 Å². The van der Waals surface area contributed by atoms with Crippen LogP contribution in [0.5, 0.6) is 0 Å². The highest BCUT2D eigenvalue weighted by Crippen LogP contribution is 2.40. The van der Waals surface area contributed by atoms with Crippen molar-refractivity contribution in [1.82, 2.24) is 34.2 Å². The number of anilines is 5. The number of fused-ring (bicyclic) bond motifs is 4. The number of hydrogen-bond acceptors (Lipinski definition) is 13. The molecule has 4 aromatic heterocycles. The van der Waals surface area contributed by atoms with Crippen LogP contribution in [0.1, 0.15) is 114 Å². The summed E-state index contributed by atoms with van der Waals surface area (Å²) in [5.41, 5.74) is 6.99. The molecule has 2 fully saturated rings. The quantitative estimate of drug-likeness (QED) is 0.0787. The Hall–Kier alpha value is -7.67. The number of nitrogens with one attached hydrogen (secondary N) is 3. The van der Waals surface area contributed by atoms with Crippen LogP contribution < -0.4 is 31.3 Å².